The molecule has 0 fully saturated rings. The fourth-order valence-corrected chi connectivity index (χ4v) is 3.12. The van der Waals surface area contributed by atoms with E-state index in [2.05, 4.69) is 32.9 Å². The highest BCUT2D eigenvalue weighted by Gasteiger charge is 2.17. The maximum absolute atomic E-state index is 9.03. The Balaban J connectivity index is 2.84. The molecule has 19 heavy (non-hydrogen) atoms. The molecule has 0 aromatic heterocycles. The zero-order chi connectivity index (χ0) is 14.4. The highest BCUT2D eigenvalue weighted by atomic mass is 35.5. The molecule has 0 saturated carbocycles. The van der Waals surface area contributed by atoms with E-state index in [4.69, 9.17) is 21.8 Å². The van der Waals surface area contributed by atoms with Gasteiger partial charge in [-0.15, -0.1) is 11.6 Å². The lowest BCUT2D eigenvalue weighted by Gasteiger charge is -2.25. The normalized spacial score (nSPS) is 13.0. The molecule has 108 valence electrons. The molecule has 0 radical (unpaired) electrons. The average Bonchev–Trinajstić information content (AvgIpc) is 2.27. The van der Waals surface area contributed by atoms with Gasteiger partial charge in [0.1, 0.15) is 0 Å². The van der Waals surface area contributed by atoms with E-state index < -0.39 is 0 Å². The van der Waals surface area contributed by atoms with Gasteiger partial charge in [-0.2, -0.15) is 0 Å². The maximum Gasteiger partial charge on any atom is 0.0717 e. The lowest BCUT2D eigenvalue weighted by molar-refractivity contribution is 0.161. The van der Waals surface area contributed by atoms with Crippen LogP contribution in [0.15, 0.2) is 12.1 Å². The largest absolute Gasteiger partial charge is 0.395 e. The van der Waals surface area contributed by atoms with Crippen LogP contribution in [0.4, 0.5) is 0 Å². The Labute approximate surface area is 120 Å². The fourth-order valence-electron chi connectivity index (χ4n) is 2.58. The average molecular weight is 286 g/mol. The standard InChI is InChI=1S/C15H24ClNO2/c1-11-8-12(2)15(13(3)9-11)14(16)10-17(4-6-18)5-7-19/h8-9,14,18-19H,4-7,10H2,1-3H3. The van der Waals surface area contributed by atoms with Crippen LogP contribution in [-0.4, -0.2) is 48.0 Å². The van der Waals surface area contributed by atoms with Gasteiger partial charge in [0.25, 0.3) is 0 Å². The van der Waals surface area contributed by atoms with Crippen LogP contribution in [0.2, 0.25) is 0 Å². The molecule has 1 unspecified atom stereocenters. The van der Waals surface area contributed by atoms with Crippen LogP contribution in [-0.2, 0) is 0 Å². The molecule has 0 aliphatic carbocycles. The second kappa shape index (κ2) is 7.85. The van der Waals surface area contributed by atoms with E-state index in [0.717, 1.165) is 5.56 Å². The van der Waals surface area contributed by atoms with E-state index in [9.17, 15) is 0 Å². The van der Waals surface area contributed by atoms with Crippen LogP contribution >= 0.6 is 11.6 Å². The minimum atomic E-state index is -0.126. The molecule has 4 heteroatoms. The molecule has 1 aromatic carbocycles. The van der Waals surface area contributed by atoms with E-state index in [1.54, 1.807) is 0 Å². The first-order valence-corrected chi connectivity index (χ1v) is 7.09. The van der Waals surface area contributed by atoms with E-state index in [-0.39, 0.29) is 18.6 Å². The summed E-state index contributed by atoms with van der Waals surface area (Å²) >= 11 is 6.53. The number of aryl methyl sites for hydroxylation is 3. The SMILES string of the molecule is Cc1cc(C)c(C(Cl)CN(CCO)CCO)c(C)c1. The van der Waals surface area contributed by atoms with Crippen molar-refractivity contribution in [2.45, 2.75) is 26.1 Å². The minimum Gasteiger partial charge on any atom is -0.395 e. The third-order valence-corrected chi connectivity index (χ3v) is 3.66. The Morgan fingerprint density at radius 2 is 1.53 bits per heavy atom. The number of aliphatic hydroxyl groups excluding tert-OH is 2. The molecule has 2 N–H and O–H groups in total. The van der Waals surface area contributed by atoms with E-state index in [0.29, 0.717) is 19.6 Å². The lowest BCUT2D eigenvalue weighted by atomic mass is 9.97. The van der Waals surface area contributed by atoms with Crippen molar-refractivity contribution in [1.82, 2.24) is 4.90 Å². The third kappa shape index (κ3) is 4.77. The molecule has 1 aromatic rings. The molecule has 3 nitrogen and oxygen atoms in total. The van der Waals surface area contributed by atoms with Crippen molar-refractivity contribution >= 4 is 11.6 Å². The predicted octanol–water partition coefficient (Wildman–Crippen LogP) is 2.18. The lowest BCUT2D eigenvalue weighted by Crippen LogP contribution is -2.33. The summed E-state index contributed by atoms with van der Waals surface area (Å²) in [5.41, 5.74) is 4.80. The van der Waals surface area contributed by atoms with E-state index >= 15 is 0 Å². The van der Waals surface area contributed by atoms with Gasteiger partial charge in [-0.25, -0.2) is 0 Å². The molecule has 0 aliphatic heterocycles. The molecule has 0 bridgehead atoms. The third-order valence-electron chi connectivity index (χ3n) is 3.30. The second-order valence-electron chi connectivity index (χ2n) is 5.03. The first-order valence-electron chi connectivity index (χ1n) is 6.65. The van der Waals surface area contributed by atoms with Crippen LogP contribution in [0.5, 0.6) is 0 Å². The fraction of sp³-hybridized carbons (Fsp3) is 0.600. The van der Waals surface area contributed by atoms with Crippen LogP contribution in [0, 0.1) is 20.8 Å². The monoisotopic (exact) mass is 285 g/mol. The van der Waals surface area contributed by atoms with Gasteiger partial charge in [-0.3, -0.25) is 4.90 Å². The maximum atomic E-state index is 9.03. The first-order chi connectivity index (χ1) is 8.99. The molecular weight excluding hydrogens is 262 g/mol. The Bertz CT molecular complexity index is 380. The topological polar surface area (TPSA) is 43.7 Å². The number of aliphatic hydroxyl groups is 2. The molecular formula is C15H24ClNO2. The van der Waals surface area contributed by atoms with E-state index in [1.165, 1.54) is 16.7 Å². The molecule has 0 spiro atoms. The summed E-state index contributed by atoms with van der Waals surface area (Å²) in [5.74, 6) is 0. The number of alkyl halides is 1. The summed E-state index contributed by atoms with van der Waals surface area (Å²) in [4.78, 5) is 1.98. The summed E-state index contributed by atoms with van der Waals surface area (Å²) < 4.78 is 0. The van der Waals surface area contributed by atoms with Crippen LogP contribution in [0.25, 0.3) is 0 Å². The predicted molar refractivity (Wildman–Crippen MR) is 79.9 cm³/mol. The zero-order valence-corrected chi connectivity index (χ0v) is 12.7. The number of nitrogens with zero attached hydrogens (tertiary/aromatic N) is 1. The Hall–Kier alpha value is -0.610. The van der Waals surface area contributed by atoms with Crippen LogP contribution < -0.4 is 0 Å². The second-order valence-corrected chi connectivity index (χ2v) is 5.55. The van der Waals surface area contributed by atoms with Crippen molar-refractivity contribution < 1.29 is 10.2 Å². The summed E-state index contributed by atoms with van der Waals surface area (Å²) in [7, 11) is 0. The van der Waals surface area contributed by atoms with Gasteiger partial charge in [-0.05, 0) is 37.5 Å². The van der Waals surface area contributed by atoms with Crippen molar-refractivity contribution in [3.63, 3.8) is 0 Å². The van der Waals surface area contributed by atoms with Gasteiger partial charge in [0.2, 0.25) is 0 Å². The Kier molecular flexibility index (Phi) is 6.80. The van der Waals surface area contributed by atoms with Crippen LogP contribution in [0.1, 0.15) is 27.6 Å². The number of hydrogen-bond donors (Lipinski definition) is 2. The number of benzene rings is 1. The Morgan fingerprint density at radius 1 is 1.05 bits per heavy atom. The first kappa shape index (κ1) is 16.4. The molecule has 0 aliphatic rings. The summed E-state index contributed by atoms with van der Waals surface area (Å²) in [5, 5.41) is 17.9. The van der Waals surface area contributed by atoms with Crippen molar-refractivity contribution in [3.05, 3.63) is 34.4 Å². The summed E-state index contributed by atoms with van der Waals surface area (Å²) in [6.07, 6.45) is 0. The van der Waals surface area contributed by atoms with Gasteiger partial charge in [-0.1, -0.05) is 17.7 Å². The zero-order valence-electron chi connectivity index (χ0n) is 12.0. The molecule has 0 amide bonds. The van der Waals surface area contributed by atoms with Gasteiger partial charge >= 0.3 is 0 Å². The highest BCUT2D eigenvalue weighted by Crippen LogP contribution is 2.29. The van der Waals surface area contributed by atoms with E-state index in [1.807, 2.05) is 4.90 Å². The smallest absolute Gasteiger partial charge is 0.0717 e. The van der Waals surface area contributed by atoms with Gasteiger partial charge in [0.15, 0.2) is 0 Å². The number of rotatable bonds is 7. The number of hydrogen-bond acceptors (Lipinski definition) is 3. The van der Waals surface area contributed by atoms with Crippen molar-refractivity contribution in [3.8, 4) is 0 Å². The van der Waals surface area contributed by atoms with Gasteiger partial charge in [0, 0.05) is 19.6 Å². The Morgan fingerprint density at radius 3 is 1.95 bits per heavy atom. The quantitative estimate of drug-likeness (QED) is 0.755. The van der Waals surface area contributed by atoms with Crippen molar-refractivity contribution in [2.75, 3.05) is 32.8 Å². The molecule has 0 heterocycles. The van der Waals surface area contributed by atoms with Crippen molar-refractivity contribution in [2.24, 2.45) is 0 Å². The summed E-state index contributed by atoms with van der Waals surface area (Å²) in [6, 6.07) is 4.28. The van der Waals surface area contributed by atoms with Gasteiger partial charge in [0.05, 0.1) is 18.6 Å². The van der Waals surface area contributed by atoms with Crippen molar-refractivity contribution in [1.29, 1.82) is 0 Å². The van der Waals surface area contributed by atoms with Crippen LogP contribution in [0.3, 0.4) is 0 Å². The highest BCUT2D eigenvalue weighted by molar-refractivity contribution is 6.21. The number of halogens is 1. The molecule has 1 atom stereocenters. The molecule has 1 rings (SSSR count). The minimum absolute atomic E-state index is 0.0788. The molecule has 0 saturated heterocycles. The van der Waals surface area contributed by atoms with Gasteiger partial charge < -0.3 is 10.2 Å². The summed E-state index contributed by atoms with van der Waals surface area (Å²) in [6.45, 7) is 8.09.